The molecule has 111 heavy (non-hydrogen) atoms. The summed E-state index contributed by atoms with van der Waals surface area (Å²) in [4.78, 5) is 53.5. The van der Waals surface area contributed by atoms with Gasteiger partial charge in [0.1, 0.15) is 65.0 Å². The van der Waals surface area contributed by atoms with Crippen LogP contribution in [0.1, 0.15) is 147 Å². The van der Waals surface area contributed by atoms with Crippen LogP contribution in [0.25, 0.3) is 27.8 Å². The van der Waals surface area contributed by atoms with E-state index in [1.165, 1.54) is 97.6 Å². The first-order valence-electron chi connectivity index (χ1n) is 38.6. The number of aliphatic hydroxyl groups excluding tert-OH is 8. The van der Waals surface area contributed by atoms with Gasteiger partial charge in [0.15, 0.2) is 23.5 Å². The highest BCUT2D eigenvalue weighted by Crippen LogP contribution is 2.41. The molecule has 0 amide bonds. The average Bonchev–Trinajstić information content (AvgIpc) is 1.63. The third-order valence-electron chi connectivity index (χ3n) is 22.8. The van der Waals surface area contributed by atoms with Gasteiger partial charge in [-0.25, -0.2) is 19.6 Å². The highest BCUT2D eigenvalue weighted by atomic mass is 32.2. The summed E-state index contributed by atoms with van der Waals surface area (Å²) >= 11 is 1.89. The van der Waals surface area contributed by atoms with E-state index in [2.05, 4.69) is 174 Å². The lowest BCUT2D eigenvalue weighted by molar-refractivity contribution is -0.111. The number of aromatic amines is 4. The number of fused-ring (bicyclic) bond motifs is 3. The van der Waals surface area contributed by atoms with Crippen molar-refractivity contribution in [3.63, 3.8) is 0 Å². The molecule has 0 radical (unpaired) electrons. The molecule has 25 atom stereocenters. The van der Waals surface area contributed by atoms with E-state index in [4.69, 9.17) is 48.4 Å². The molecule has 12 heterocycles. The lowest BCUT2D eigenvalue weighted by atomic mass is 9.96. The van der Waals surface area contributed by atoms with Crippen molar-refractivity contribution in [1.82, 2.24) is 65.5 Å². The molecule has 8 fully saturated rings. The lowest BCUT2D eigenvalue weighted by Gasteiger charge is -2.18. The number of aryl methyl sites for hydroxylation is 1. The van der Waals surface area contributed by atoms with Crippen LogP contribution >= 0.6 is 11.8 Å². The van der Waals surface area contributed by atoms with Crippen molar-refractivity contribution in [2.75, 3.05) is 80.8 Å². The Morgan fingerprint density at radius 1 is 0.667 bits per heavy atom. The Morgan fingerprint density at radius 3 is 1.68 bits per heavy atom. The molecule has 2 saturated carbocycles. The predicted molar refractivity (Wildman–Crippen MR) is 426 cm³/mol. The third kappa shape index (κ3) is 22.1. The van der Waals surface area contributed by atoms with E-state index in [-0.39, 0.29) is 62.0 Å². The Hall–Kier alpha value is -6.64. The van der Waals surface area contributed by atoms with Crippen LogP contribution in [0.5, 0.6) is 0 Å². The number of aliphatic hydroxyl groups is 8. The SMILES string of the molecule is C=C(NC)c1ncn([C@H]2O[C@@H](CO)[C@H](O)[C@H]2OC)n1.C=C1[C@@H](C)C[C@H](C)[C@H]1CO.C=C1[C@@H](C)C[C@H](O)[C@H]1CC.CC1CC(C)C(C)O1.COC1CC(C)C(C)O1.COC[C@H]1N[C@@H](c2c[nH]c3c(=O)[nH]cnc23)[C@H](O)[C@@H]1O.CO[C@H]1[C@@H](O)[C@H](c2c[nH]c3c(=O)[nH]cnc23)N[C@@H]1CO.Cc1ccc(C2CN3CCSC3=N2)cc1. The van der Waals surface area contributed by atoms with Gasteiger partial charge in [0.25, 0.3) is 11.1 Å². The van der Waals surface area contributed by atoms with E-state index in [1.807, 2.05) is 11.8 Å². The van der Waals surface area contributed by atoms with E-state index in [0.29, 0.717) is 105 Å². The van der Waals surface area contributed by atoms with Crippen molar-refractivity contribution in [3.05, 3.63) is 135 Å². The number of amidine groups is 1. The topological polar surface area (TPSA) is 432 Å². The van der Waals surface area contributed by atoms with Crippen LogP contribution in [0.15, 0.2) is 101 Å². The van der Waals surface area contributed by atoms with Gasteiger partial charge in [-0.2, -0.15) is 0 Å². The summed E-state index contributed by atoms with van der Waals surface area (Å²) in [6.45, 7) is 35.6. The molecule has 9 aliphatic rings. The molecular formula is C79H124N14O17S. The summed E-state index contributed by atoms with van der Waals surface area (Å²) in [6.07, 6.45) is 7.93. The Bertz CT molecular complexity index is 3990. The Morgan fingerprint density at radius 2 is 1.25 bits per heavy atom. The first-order valence-corrected chi connectivity index (χ1v) is 39.6. The van der Waals surface area contributed by atoms with Crippen molar-refractivity contribution in [3.8, 4) is 0 Å². The number of hydrogen-bond donors (Lipinski definition) is 15. The minimum atomic E-state index is -0.991. The van der Waals surface area contributed by atoms with Crippen molar-refractivity contribution in [2.45, 2.75) is 211 Å². The van der Waals surface area contributed by atoms with Crippen molar-refractivity contribution in [2.24, 2.45) is 46.4 Å². The average molecular weight is 1570 g/mol. The van der Waals surface area contributed by atoms with Gasteiger partial charge in [0, 0.05) is 103 Å². The fourth-order valence-corrected chi connectivity index (χ4v) is 16.6. The number of methoxy groups -OCH3 is 4. The third-order valence-corrected chi connectivity index (χ3v) is 23.8. The number of thioether (sulfide) groups is 1. The van der Waals surface area contributed by atoms with Crippen LogP contribution in [-0.2, 0) is 33.2 Å². The number of nitrogens with one attached hydrogen (secondary N) is 7. The molecule has 1 aromatic carbocycles. The highest BCUT2D eigenvalue weighted by Gasteiger charge is 2.47. The normalized spacial score (nSPS) is 33.7. The largest absolute Gasteiger partial charge is 0.396 e. The van der Waals surface area contributed by atoms with Gasteiger partial charge < -0.3 is 115 Å². The van der Waals surface area contributed by atoms with Gasteiger partial charge in [-0.3, -0.25) is 14.6 Å². The summed E-state index contributed by atoms with van der Waals surface area (Å²) in [5, 5.41) is 91.8. The summed E-state index contributed by atoms with van der Waals surface area (Å²) < 4.78 is 38.3. The standard InChI is InChI=1S/2C12H16N4O4.C12H14N2S.C11H18N4O4.2C9H16O.C7H14O2.C7H14O/c1-20-11-6(3-17)16-8(10(11)18)5-2-13-9-7(5)14-4-15-12(9)19;1-20-3-6-10(17)11(18)8(16-6)5-2-13-9-7(5)14-4-15-12(9)19;1-9-2-4-10(5-3-9)11-8-14-6-7-15-12(14)13-11;1-6(12-2)10-13-5-15(14-10)11-9(18-3)8(17)7(4-16)19-11;1-6-4-7(2)9(5-10)8(6)3;1-4-8-7(3)6(2)5-9(8)10;1-5-4-7(8-3)9-6(5)2;1-5-4-6(2)8-7(5)3/h2*2,4,6,8,10-11,13,16-18H,3H2,1H3,(H,14,15,19);2-5,11H,6-8H2,1H3;5,7-9,11-12,16-17H,1,4H2,2-3H3;6-7,9-10H,3-5H2,1-2H3;6,8-10H,3-5H2,1-2H3;5-7H,4H2,1-3H3;5-7H,4H2,1-3H3/t6-,8+,10+,11-;6-,8+,10-,11+;;7-,8-,9+,11-;6-,7-,9+;6-,8-,9-;;/m11.000../s1. The first-order chi connectivity index (χ1) is 53.0. The molecule has 7 unspecified atom stereocenters. The van der Waals surface area contributed by atoms with Crippen LogP contribution in [0.3, 0.4) is 0 Å². The maximum absolute atomic E-state index is 11.7. The highest BCUT2D eigenvalue weighted by molar-refractivity contribution is 8.14. The Labute approximate surface area is 654 Å². The quantitative estimate of drug-likeness (QED) is 0.0566. The molecule has 31 nitrogen and oxygen atoms in total. The fraction of sp³-hybridized carbons (Fsp3) is 0.658. The van der Waals surface area contributed by atoms with Crippen LogP contribution < -0.4 is 27.1 Å². The number of rotatable bonds is 15. The van der Waals surface area contributed by atoms with Gasteiger partial charge in [-0.15, -0.1) is 5.10 Å². The Balaban J connectivity index is 0.000000163. The molecule has 32 heteroatoms. The second kappa shape index (κ2) is 42.1. The Kier molecular flexibility index (Phi) is 34.1. The van der Waals surface area contributed by atoms with Crippen LogP contribution in [-0.4, -0.2) is 262 Å². The van der Waals surface area contributed by atoms with Crippen LogP contribution in [0.2, 0.25) is 0 Å². The minimum absolute atomic E-state index is 0.0509. The molecule has 2 aliphatic carbocycles. The maximum atomic E-state index is 11.7. The monoisotopic (exact) mass is 1570 g/mol. The maximum Gasteiger partial charge on any atom is 0.275 e. The number of H-pyrrole nitrogens is 4. The summed E-state index contributed by atoms with van der Waals surface area (Å²) in [7, 11) is 7.89. The second-order valence-corrected chi connectivity index (χ2v) is 31.5. The number of aliphatic imine (C=N–C) groups is 1. The molecule has 15 rings (SSSR count). The van der Waals surface area contributed by atoms with Gasteiger partial charge >= 0.3 is 0 Å². The number of nitrogens with zero attached hydrogens (tertiary/aromatic N) is 7. The second-order valence-electron chi connectivity index (χ2n) is 30.4. The first kappa shape index (κ1) is 89.9. The minimum Gasteiger partial charge on any atom is -0.396 e. The molecule has 6 saturated heterocycles. The van der Waals surface area contributed by atoms with E-state index in [1.54, 1.807) is 26.6 Å². The molecule has 6 aromatic rings. The zero-order chi connectivity index (χ0) is 81.2. The van der Waals surface area contributed by atoms with E-state index in [9.17, 15) is 40.2 Å². The zero-order valence-corrected chi connectivity index (χ0v) is 67.8. The van der Waals surface area contributed by atoms with E-state index >= 15 is 0 Å². The van der Waals surface area contributed by atoms with E-state index in [0.717, 1.165) is 31.7 Å². The number of benzene rings is 1. The zero-order valence-electron chi connectivity index (χ0n) is 67.0. The van der Waals surface area contributed by atoms with Crippen LogP contribution in [0, 0.1) is 48.3 Å². The molecule has 618 valence electrons. The van der Waals surface area contributed by atoms with Crippen molar-refractivity contribution in [1.29, 1.82) is 0 Å². The molecule has 7 aliphatic heterocycles. The smallest absolute Gasteiger partial charge is 0.275 e. The van der Waals surface area contributed by atoms with Crippen molar-refractivity contribution < 1.29 is 74.0 Å². The molecular weight excluding hydrogens is 1450 g/mol. The lowest BCUT2D eigenvalue weighted by Crippen LogP contribution is -2.37. The summed E-state index contributed by atoms with van der Waals surface area (Å²) in [5.74, 6) is 5.58. The van der Waals surface area contributed by atoms with Crippen molar-refractivity contribution >= 4 is 44.7 Å². The molecule has 0 spiro atoms. The van der Waals surface area contributed by atoms with Gasteiger partial charge in [0.2, 0.25) is 0 Å². The number of ether oxygens (including phenoxy) is 7. The molecule has 15 N–H and O–H groups in total. The predicted octanol–water partition coefficient (Wildman–Crippen LogP) is 5.47. The summed E-state index contributed by atoms with van der Waals surface area (Å²) in [5.41, 5.74) is 8.21. The van der Waals surface area contributed by atoms with Gasteiger partial charge in [-0.1, -0.05) is 114 Å². The van der Waals surface area contributed by atoms with Gasteiger partial charge in [-0.05, 0) is 88.5 Å². The molecule has 5 aromatic heterocycles. The number of aromatic nitrogens is 9. The van der Waals surface area contributed by atoms with E-state index < -0.39 is 61.0 Å². The summed E-state index contributed by atoms with van der Waals surface area (Å²) in [6, 6.07) is 7.42. The fourth-order valence-electron chi connectivity index (χ4n) is 15.6. The van der Waals surface area contributed by atoms with Gasteiger partial charge in [0.05, 0.1) is 98.9 Å². The number of hydrogen-bond acceptors (Lipinski definition) is 27. The van der Waals surface area contributed by atoms with Crippen LogP contribution in [0.4, 0.5) is 0 Å². The molecule has 0 bridgehead atoms.